The summed E-state index contributed by atoms with van der Waals surface area (Å²) < 4.78 is 11.8. The van der Waals surface area contributed by atoms with Gasteiger partial charge in [0.2, 0.25) is 0 Å². The van der Waals surface area contributed by atoms with E-state index in [2.05, 4.69) is 0 Å². The molecule has 3 N–H and O–H groups in total. The van der Waals surface area contributed by atoms with E-state index in [1.165, 1.54) is 6.07 Å². The Labute approximate surface area is 119 Å². The molecule has 1 heterocycles. The molecule has 1 aliphatic rings. The van der Waals surface area contributed by atoms with E-state index in [4.69, 9.17) is 26.6 Å². The third kappa shape index (κ3) is 2.61. The molecule has 1 aromatic carbocycles. The van der Waals surface area contributed by atoms with Gasteiger partial charge >= 0.3 is 7.12 Å². The first kappa shape index (κ1) is 14.7. The van der Waals surface area contributed by atoms with E-state index in [9.17, 15) is 5.11 Å². The number of hydrogen-bond acceptors (Lipinski definition) is 4. The predicted molar refractivity (Wildman–Crippen MR) is 76.1 cm³/mol. The van der Waals surface area contributed by atoms with Crippen molar-refractivity contribution in [2.45, 2.75) is 44.8 Å². The van der Waals surface area contributed by atoms with Crippen LogP contribution in [-0.2, 0) is 9.31 Å². The van der Waals surface area contributed by atoms with Gasteiger partial charge in [-0.2, -0.15) is 0 Å². The fourth-order valence-electron chi connectivity index (χ4n) is 1.92. The second-order valence-electron chi connectivity index (χ2n) is 5.86. The lowest BCUT2D eigenvalue weighted by Crippen LogP contribution is -2.41. The van der Waals surface area contributed by atoms with Crippen LogP contribution in [0.2, 0.25) is 5.02 Å². The summed E-state index contributed by atoms with van der Waals surface area (Å²) in [6.45, 7) is 7.90. The third-order valence-corrected chi connectivity index (χ3v) is 4.22. The molecule has 1 fully saturated rings. The Kier molecular flexibility index (Phi) is 3.60. The summed E-state index contributed by atoms with van der Waals surface area (Å²) >= 11 is 5.89. The van der Waals surface area contributed by atoms with Crippen molar-refractivity contribution in [2.24, 2.45) is 5.73 Å². The van der Waals surface area contributed by atoms with Crippen LogP contribution in [0.25, 0.3) is 0 Å². The zero-order valence-corrected chi connectivity index (χ0v) is 12.4. The largest absolute Gasteiger partial charge is 0.506 e. The van der Waals surface area contributed by atoms with Crippen LogP contribution in [0.1, 0.15) is 39.2 Å². The van der Waals surface area contributed by atoms with Crippen molar-refractivity contribution in [1.29, 1.82) is 0 Å². The van der Waals surface area contributed by atoms with Crippen molar-refractivity contribution in [1.82, 2.24) is 0 Å². The molecule has 1 aliphatic heterocycles. The maximum absolute atomic E-state index is 9.42. The van der Waals surface area contributed by atoms with Crippen LogP contribution in [0.4, 0.5) is 0 Å². The van der Waals surface area contributed by atoms with Gasteiger partial charge in [-0.05, 0) is 45.4 Å². The normalized spacial score (nSPS) is 22.5. The molecule has 2 rings (SSSR count). The van der Waals surface area contributed by atoms with Crippen molar-refractivity contribution in [3.8, 4) is 5.75 Å². The van der Waals surface area contributed by atoms with Gasteiger partial charge in [-0.15, -0.1) is 0 Å². The molecule has 0 radical (unpaired) electrons. The number of phenols is 1. The van der Waals surface area contributed by atoms with Gasteiger partial charge in [-0.3, -0.25) is 0 Å². The Morgan fingerprint density at radius 1 is 1.21 bits per heavy atom. The smallest absolute Gasteiger partial charge is 0.480 e. The first-order valence-electron chi connectivity index (χ1n) is 6.24. The Morgan fingerprint density at radius 3 is 2.21 bits per heavy atom. The second kappa shape index (κ2) is 4.67. The van der Waals surface area contributed by atoms with E-state index < -0.39 is 24.3 Å². The number of hydrogen-bond donors (Lipinski definition) is 2. The minimum atomic E-state index is -0.536. The fourth-order valence-corrected chi connectivity index (χ4v) is 2.11. The lowest BCUT2D eigenvalue weighted by molar-refractivity contribution is 0.00578. The molecule has 0 spiro atoms. The summed E-state index contributed by atoms with van der Waals surface area (Å²) in [4.78, 5) is 0. The Bertz CT molecular complexity index is 477. The fraction of sp³-hybridized carbons (Fsp3) is 0.538. The molecule has 0 amide bonds. The predicted octanol–water partition coefficient (Wildman–Crippen LogP) is 2.68. The summed E-state index contributed by atoms with van der Waals surface area (Å²) in [6.07, 6.45) is 0. The molecular weight excluding hydrogens is 264 g/mol. The van der Waals surface area contributed by atoms with Crippen molar-refractivity contribution in [3.63, 3.8) is 0 Å². The molecule has 0 saturated carbocycles. The van der Waals surface area contributed by atoms with Gasteiger partial charge in [0.25, 0.3) is 0 Å². The SMILES string of the molecule is CC1(C)OB([C@H](N)c2ccc(O)c(Cl)c2)OC1(C)C. The summed E-state index contributed by atoms with van der Waals surface area (Å²) in [5.74, 6) is -0.425. The average molecular weight is 284 g/mol. The van der Waals surface area contributed by atoms with Gasteiger partial charge in [-0.1, -0.05) is 17.7 Å². The number of benzene rings is 1. The number of phenolic OH excluding ortho intramolecular Hbond substituents is 1. The van der Waals surface area contributed by atoms with Gasteiger partial charge < -0.3 is 20.1 Å². The Morgan fingerprint density at radius 2 is 1.74 bits per heavy atom. The zero-order chi connectivity index (χ0) is 14.4. The molecule has 0 aliphatic carbocycles. The van der Waals surface area contributed by atoms with E-state index in [-0.39, 0.29) is 10.8 Å². The molecule has 19 heavy (non-hydrogen) atoms. The standard InChI is InChI=1S/C13H19BClNO3/c1-12(2)13(3,4)19-14(18-12)11(16)8-5-6-10(17)9(15)7-8/h5-7,11,17H,16H2,1-4H3/t11-/m1/s1. The first-order valence-corrected chi connectivity index (χ1v) is 6.61. The highest BCUT2D eigenvalue weighted by Crippen LogP contribution is 2.40. The maximum atomic E-state index is 9.42. The van der Waals surface area contributed by atoms with Crippen LogP contribution >= 0.6 is 11.6 Å². The highest BCUT2D eigenvalue weighted by atomic mass is 35.5. The summed E-state index contributed by atoms with van der Waals surface area (Å²) in [6, 6.07) is 4.87. The summed E-state index contributed by atoms with van der Waals surface area (Å²) in [5, 5.41) is 9.69. The first-order chi connectivity index (χ1) is 8.64. The van der Waals surface area contributed by atoms with Gasteiger partial charge in [-0.25, -0.2) is 0 Å². The second-order valence-corrected chi connectivity index (χ2v) is 6.27. The van der Waals surface area contributed by atoms with Crippen LogP contribution in [0.3, 0.4) is 0 Å². The van der Waals surface area contributed by atoms with E-state index in [0.29, 0.717) is 0 Å². The van der Waals surface area contributed by atoms with Crippen molar-refractivity contribution >= 4 is 18.7 Å². The quantitative estimate of drug-likeness (QED) is 0.819. The molecule has 6 heteroatoms. The van der Waals surface area contributed by atoms with Crippen LogP contribution < -0.4 is 5.73 Å². The number of nitrogens with two attached hydrogens (primary N) is 1. The Hall–Kier alpha value is -0.745. The molecule has 1 aromatic rings. The lowest BCUT2D eigenvalue weighted by atomic mass is 9.75. The van der Waals surface area contributed by atoms with Gasteiger partial charge in [0.05, 0.1) is 22.2 Å². The maximum Gasteiger partial charge on any atom is 0.480 e. The van der Waals surface area contributed by atoms with Crippen LogP contribution in [-0.4, -0.2) is 23.4 Å². The minimum Gasteiger partial charge on any atom is -0.506 e. The molecule has 1 saturated heterocycles. The lowest BCUT2D eigenvalue weighted by Gasteiger charge is -2.32. The molecule has 104 valence electrons. The molecule has 4 nitrogen and oxygen atoms in total. The van der Waals surface area contributed by atoms with Crippen LogP contribution in [0, 0.1) is 0 Å². The van der Waals surface area contributed by atoms with Crippen LogP contribution in [0.15, 0.2) is 18.2 Å². The topological polar surface area (TPSA) is 64.7 Å². The van der Waals surface area contributed by atoms with E-state index in [1.54, 1.807) is 12.1 Å². The van der Waals surface area contributed by atoms with E-state index in [0.717, 1.165) is 5.56 Å². The van der Waals surface area contributed by atoms with Crippen molar-refractivity contribution < 1.29 is 14.4 Å². The van der Waals surface area contributed by atoms with Gasteiger partial charge in [0.15, 0.2) is 0 Å². The average Bonchev–Trinajstić information content (AvgIpc) is 2.51. The number of halogens is 1. The van der Waals surface area contributed by atoms with Crippen molar-refractivity contribution in [3.05, 3.63) is 28.8 Å². The molecule has 0 bridgehead atoms. The molecule has 0 aromatic heterocycles. The number of aromatic hydroxyl groups is 1. The van der Waals surface area contributed by atoms with Crippen molar-refractivity contribution in [2.75, 3.05) is 0 Å². The monoisotopic (exact) mass is 283 g/mol. The van der Waals surface area contributed by atoms with E-state index in [1.807, 2.05) is 27.7 Å². The summed E-state index contributed by atoms with van der Waals surface area (Å²) in [7, 11) is -0.536. The molecule has 0 unspecified atom stereocenters. The summed E-state index contributed by atoms with van der Waals surface area (Å²) in [5.41, 5.74) is 6.10. The van der Waals surface area contributed by atoms with Crippen LogP contribution in [0.5, 0.6) is 5.75 Å². The molecular formula is C13H19BClNO3. The zero-order valence-electron chi connectivity index (χ0n) is 11.6. The highest BCUT2D eigenvalue weighted by molar-refractivity contribution is 6.47. The third-order valence-electron chi connectivity index (χ3n) is 3.92. The van der Waals surface area contributed by atoms with E-state index >= 15 is 0 Å². The highest BCUT2D eigenvalue weighted by Gasteiger charge is 2.53. The van der Waals surface area contributed by atoms with Gasteiger partial charge in [0.1, 0.15) is 5.75 Å². The number of rotatable bonds is 2. The Balaban J connectivity index is 2.22. The molecule has 1 atom stereocenters. The van der Waals surface area contributed by atoms with Gasteiger partial charge in [0, 0.05) is 0 Å². The minimum absolute atomic E-state index is 0.0338.